The molecule has 4 rings (SSSR count). The van der Waals surface area contributed by atoms with Crippen LogP contribution < -0.4 is 10.6 Å². The molecule has 136 valence electrons. The molecular weight excluding hydrogens is 300 g/mol. The van der Waals surface area contributed by atoms with Crippen molar-refractivity contribution in [2.45, 2.75) is 78.7 Å². The zero-order valence-corrected chi connectivity index (χ0v) is 15.8. The summed E-state index contributed by atoms with van der Waals surface area (Å²) in [4.78, 5) is 24.2. The van der Waals surface area contributed by atoms with Crippen LogP contribution in [0, 0.1) is 28.6 Å². The molecule has 2 amide bonds. The maximum absolute atomic E-state index is 12.3. The second kappa shape index (κ2) is 6.34. The predicted octanol–water partition coefficient (Wildman–Crippen LogP) is 3.26. The lowest BCUT2D eigenvalue weighted by atomic mass is 9.48. The largest absolute Gasteiger partial charge is 0.355 e. The molecule has 0 aromatic carbocycles. The van der Waals surface area contributed by atoms with Gasteiger partial charge in [0.1, 0.15) is 0 Å². The Morgan fingerprint density at radius 2 is 1.54 bits per heavy atom. The van der Waals surface area contributed by atoms with Crippen LogP contribution in [0.5, 0.6) is 0 Å². The van der Waals surface area contributed by atoms with Crippen molar-refractivity contribution in [3.05, 3.63) is 0 Å². The number of amides is 2. The Kier molecular flexibility index (Phi) is 4.69. The lowest BCUT2D eigenvalue weighted by molar-refractivity contribution is -0.129. The Morgan fingerprint density at radius 1 is 1.04 bits per heavy atom. The predicted molar refractivity (Wildman–Crippen MR) is 95.3 cm³/mol. The number of carbonyl (C=O) groups excluding carboxylic acids is 2. The molecule has 1 unspecified atom stereocenters. The van der Waals surface area contributed by atoms with E-state index in [0.717, 1.165) is 17.8 Å². The van der Waals surface area contributed by atoms with Gasteiger partial charge >= 0.3 is 0 Å². The van der Waals surface area contributed by atoms with Gasteiger partial charge in [-0.2, -0.15) is 0 Å². The topological polar surface area (TPSA) is 58.2 Å². The molecule has 4 heteroatoms. The van der Waals surface area contributed by atoms with Crippen molar-refractivity contribution in [2.75, 3.05) is 6.54 Å². The van der Waals surface area contributed by atoms with Crippen LogP contribution in [0.4, 0.5) is 0 Å². The molecule has 0 aromatic heterocycles. The maximum Gasteiger partial charge on any atom is 0.225 e. The summed E-state index contributed by atoms with van der Waals surface area (Å²) in [6.07, 6.45) is 8.58. The average Bonchev–Trinajstić information content (AvgIpc) is 2.44. The normalized spacial score (nSPS) is 35.6. The minimum absolute atomic E-state index is 0.00410. The van der Waals surface area contributed by atoms with Gasteiger partial charge in [-0.3, -0.25) is 9.59 Å². The first kappa shape index (κ1) is 17.8. The Morgan fingerprint density at radius 3 is 2.00 bits per heavy atom. The van der Waals surface area contributed by atoms with Crippen LogP contribution in [-0.4, -0.2) is 24.4 Å². The third kappa shape index (κ3) is 3.62. The van der Waals surface area contributed by atoms with Crippen molar-refractivity contribution in [1.82, 2.24) is 10.6 Å². The fourth-order valence-corrected chi connectivity index (χ4v) is 5.73. The lowest BCUT2D eigenvalue weighted by Crippen LogP contribution is -2.56. The van der Waals surface area contributed by atoms with Crippen LogP contribution in [0.1, 0.15) is 72.6 Å². The smallest absolute Gasteiger partial charge is 0.225 e. The van der Waals surface area contributed by atoms with E-state index in [1.54, 1.807) is 0 Å². The van der Waals surface area contributed by atoms with Crippen molar-refractivity contribution in [2.24, 2.45) is 28.6 Å². The Balaban J connectivity index is 1.47. The molecule has 0 aliphatic heterocycles. The summed E-state index contributed by atoms with van der Waals surface area (Å²) in [6, 6.07) is 0.261. The summed E-state index contributed by atoms with van der Waals surface area (Å²) in [6.45, 7) is 8.29. The third-order valence-electron chi connectivity index (χ3n) is 6.70. The number of hydrogen-bond donors (Lipinski definition) is 2. The highest BCUT2D eigenvalue weighted by Gasteiger charge is 2.53. The number of hydrogen-bond acceptors (Lipinski definition) is 2. The van der Waals surface area contributed by atoms with Crippen LogP contribution in [-0.2, 0) is 9.59 Å². The first-order chi connectivity index (χ1) is 11.2. The van der Waals surface area contributed by atoms with E-state index in [1.807, 2.05) is 20.8 Å². The van der Waals surface area contributed by atoms with E-state index in [-0.39, 0.29) is 17.9 Å². The zero-order chi connectivity index (χ0) is 17.5. The Bertz CT molecular complexity index is 471. The van der Waals surface area contributed by atoms with Crippen molar-refractivity contribution in [1.29, 1.82) is 0 Å². The standard InChI is InChI=1S/C20H34N2O2/c1-13(22-17(23)5-6-21-18(24)19(2,3)4)20-10-14-7-15(11-20)9-16(8-14)12-20/h13-16H,5-12H2,1-4H3,(H,21,24)(H,22,23). The van der Waals surface area contributed by atoms with Gasteiger partial charge in [0, 0.05) is 24.4 Å². The molecule has 0 spiro atoms. The van der Waals surface area contributed by atoms with Gasteiger partial charge in [0.15, 0.2) is 0 Å². The SMILES string of the molecule is CC(NC(=O)CCNC(=O)C(C)(C)C)C12CC3CC(CC(C3)C1)C2. The third-order valence-corrected chi connectivity index (χ3v) is 6.70. The molecule has 0 aromatic rings. The highest BCUT2D eigenvalue weighted by atomic mass is 16.2. The van der Waals surface area contributed by atoms with Crippen molar-refractivity contribution in [3.8, 4) is 0 Å². The Hall–Kier alpha value is -1.06. The lowest BCUT2D eigenvalue weighted by Gasteiger charge is -2.59. The van der Waals surface area contributed by atoms with Gasteiger partial charge in [0.05, 0.1) is 0 Å². The van der Waals surface area contributed by atoms with Crippen LogP contribution in [0.15, 0.2) is 0 Å². The second-order valence-electron chi connectivity index (χ2n) is 9.83. The highest BCUT2D eigenvalue weighted by molar-refractivity contribution is 5.82. The van der Waals surface area contributed by atoms with Gasteiger partial charge in [-0.05, 0) is 68.6 Å². The molecule has 0 radical (unpaired) electrons. The highest BCUT2D eigenvalue weighted by Crippen LogP contribution is 2.61. The molecule has 0 heterocycles. The number of rotatable bonds is 5. The fourth-order valence-electron chi connectivity index (χ4n) is 5.73. The van der Waals surface area contributed by atoms with Crippen LogP contribution in [0.25, 0.3) is 0 Å². The molecule has 0 saturated heterocycles. The Labute approximate surface area is 146 Å². The van der Waals surface area contributed by atoms with Crippen LogP contribution >= 0.6 is 0 Å². The molecule has 4 nitrogen and oxygen atoms in total. The molecule has 1 atom stereocenters. The van der Waals surface area contributed by atoms with E-state index in [9.17, 15) is 9.59 Å². The summed E-state index contributed by atoms with van der Waals surface area (Å²) in [5.74, 6) is 2.79. The minimum Gasteiger partial charge on any atom is -0.355 e. The molecule has 2 N–H and O–H groups in total. The summed E-state index contributed by atoms with van der Waals surface area (Å²) in [5.41, 5.74) is -0.0535. The van der Waals surface area contributed by atoms with Gasteiger partial charge in [0.25, 0.3) is 0 Å². The monoisotopic (exact) mass is 334 g/mol. The molecule has 24 heavy (non-hydrogen) atoms. The fraction of sp³-hybridized carbons (Fsp3) is 0.900. The van der Waals surface area contributed by atoms with Crippen LogP contribution in [0.3, 0.4) is 0 Å². The average molecular weight is 335 g/mol. The van der Waals surface area contributed by atoms with Gasteiger partial charge in [0.2, 0.25) is 11.8 Å². The van der Waals surface area contributed by atoms with Gasteiger partial charge in [-0.25, -0.2) is 0 Å². The molecule has 4 saturated carbocycles. The van der Waals surface area contributed by atoms with Crippen LogP contribution in [0.2, 0.25) is 0 Å². The molecule has 4 fully saturated rings. The quantitative estimate of drug-likeness (QED) is 0.811. The minimum atomic E-state index is -0.400. The van der Waals surface area contributed by atoms with E-state index in [1.165, 1.54) is 38.5 Å². The van der Waals surface area contributed by atoms with E-state index in [4.69, 9.17) is 0 Å². The molecule has 4 bridgehead atoms. The second-order valence-corrected chi connectivity index (χ2v) is 9.83. The summed E-state index contributed by atoms with van der Waals surface area (Å²) >= 11 is 0. The molecular formula is C20H34N2O2. The van der Waals surface area contributed by atoms with Crippen molar-refractivity contribution in [3.63, 3.8) is 0 Å². The summed E-state index contributed by atoms with van der Waals surface area (Å²) < 4.78 is 0. The van der Waals surface area contributed by atoms with Gasteiger partial charge in [-0.15, -0.1) is 0 Å². The van der Waals surface area contributed by atoms with Gasteiger partial charge in [-0.1, -0.05) is 20.8 Å². The van der Waals surface area contributed by atoms with Gasteiger partial charge < -0.3 is 10.6 Å². The first-order valence-electron chi connectivity index (χ1n) is 9.75. The van der Waals surface area contributed by atoms with E-state index in [2.05, 4.69) is 17.6 Å². The molecule has 4 aliphatic carbocycles. The maximum atomic E-state index is 12.3. The van der Waals surface area contributed by atoms with E-state index in [0.29, 0.717) is 18.4 Å². The first-order valence-corrected chi connectivity index (χ1v) is 9.75. The van der Waals surface area contributed by atoms with Crippen molar-refractivity contribution >= 4 is 11.8 Å². The zero-order valence-electron chi connectivity index (χ0n) is 15.8. The summed E-state index contributed by atoms with van der Waals surface area (Å²) in [7, 11) is 0. The molecule has 4 aliphatic rings. The van der Waals surface area contributed by atoms with E-state index >= 15 is 0 Å². The number of carbonyl (C=O) groups is 2. The summed E-state index contributed by atoms with van der Waals surface area (Å²) in [5, 5.41) is 6.12. The van der Waals surface area contributed by atoms with Crippen molar-refractivity contribution < 1.29 is 9.59 Å². The number of nitrogens with one attached hydrogen (secondary N) is 2. The van der Waals surface area contributed by atoms with E-state index < -0.39 is 5.41 Å².